The van der Waals surface area contributed by atoms with Gasteiger partial charge in [-0.1, -0.05) is 0 Å². The Labute approximate surface area is 71.1 Å². The van der Waals surface area contributed by atoms with Crippen LogP contribution >= 0.6 is 0 Å². The van der Waals surface area contributed by atoms with Crippen LogP contribution < -0.4 is 0 Å². The lowest BCUT2D eigenvalue weighted by atomic mass is 10.1. The Morgan fingerprint density at radius 3 is 3.00 bits per heavy atom. The van der Waals surface area contributed by atoms with E-state index >= 15 is 0 Å². The lowest BCUT2D eigenvalue weighted by Crippen LogP contribution is -1.98. The van der Waals surface area contributed by atoms with Gasteiger partial charge in [-0.3, -0.25) is 9.78 Å². The minimum atomic E-state index is 0.0246. The molecular formula is C9H11NO2. The fraction of sp³-hybridized carbons (Fsp3) is 0.333. The number of rotatable bonds is 3. The molecule has 0 saturated carbocycles. The maximum Gasteiger partial charge on any atom is 0.159 e. The molecule has 1 heterocycles. The minimum absolute atomic E-state index is 0.0246. The summed E-state index contributed by atoms with van der Waals surface area (Å²) in [5.41, 5.74) is 1.40. The molecule has 0 aliphatic rings. The topological polar surface area (TPSA) is 50.2 Å². The van der Waals surface area contributed by atoms with Gasteiger partial charge in [0.05, 0.1) is 0 Å². The van der Waals surface area contributed by atoms with Gasteiger partial charge in [-0.15, -0.1) is 0 Å². The van der Waals surface area contributed by atoms with E-state index in [9.17, 15) is 4.79 Å². The molecule has 3 nitrogen and oxygen atoms in total. The minimum Gasteiger partial charge on any atom is -0.396 e. The molecule has 3 heteroatoms. The average Bonchev–Trinajstić information content (AvgIpc) is 2.05. The second kappa shape index (κ2) is 3.97. The van der Waals surface area contributed by atoms with Crippen molar-refractivity contribution in [3.05, 3.63) is 29.6 Å². The van der Waals surface area contributed by atoms with Crippen molar-refractivity contribution >= 4 is 5.78 Å². The van der Waals surface area contributed by atoms with Crippen LogP contribution in [0.4, 0.5) is 0 Å². The lowest BCUT2D eigenvalue weighted by Gasteiger charge is -1.98. The van der Waals surface area contributed by atoms with E-state index in [1.807, 2.05) is 0 Å². The van der Waals surface area contributed by atoms with Crippen molar-refractivity contribution in [3.63, 3.8) is 0 Å². The molecule has 0 bridgehead atoms. The van der Waals surface area contributed by atoms with Crippen LogP contribution in [-0.4, -0.2) is 22.5 Å². The number of carbonyl (C=O) groups is 1. The molecule has 1 aromatic rings. The number of Topliss-reactive ketones (excluding diaryl/α,β-unsaturated/α-hetero) is 1. The maximum atomic E-state index is 10.9. The van der Waals surface area contributed by atoms with Gasteiger partial charge in [-0.05, 0) is 19.1 Å². The van der Waals surface area contributed by atoms with E-state index in [-0.39, 0.29) is 12.4 Å². The first-order valence-electron chi connectivity index (χ1n) is 3.81. The van der Waals surface area contributed by atoms with Crippen LogP contribution in [-0.2, 0) is 6.42 Å². The molecule has 0 aromatic carbocycles. The summed E-state index contributed by atoms with van der Waals surface area (Å²) in [6, 6.07) is 3.38. The van der Waals surface area contributed by atoms with E-state index in [1.54, 1.807) is 18.3 Å². The van der Waals surface area contributed by atoms with E-state index < -0.39 is 0 Å². The largest absolute Gasteiger partial charge is 0.396 e. The van der Waals surface area contributed by atoms with E-state index in [2.05, 4.69) is 4.98 Å². The molecule has 0 unspecified atom stereocenters. The zero-order valence-electron chi connectivity index (χ0n) is 6.95. The molecule has 12 heavy (non-hydrogen) atoms. The second-order valence-corrected chi connectivity index (χ2v) is 2.57. The summed E-state index contributed by atoms with van der Waals surface area (Å²) in [4.78, 5) is 14.9. The highest BCUT2D eigenvalue weighted by atomic mass is 16.3. The third-order valence-electron chi connectivity index (χ3n) is 1.59. The van der Waals surface area contributed by atoms with Gasteiger partial charge in [0, 0.05) is 30.5 Å². The molecule has 1 aromatic heterocycles. The zero-order chi connectivity index (χ0) is 8.97. The van der Waals surface area contributed by atoms with Crippen LogP contribution in [0.2, 0.25) is 0 Å². The number of aliphatic hydroxyl groups excluding tert-OH is 1. The standard InChI is InChI=1S/C9H11NO2/c1-7(12)8-2-4-10-9(6-8)3-5-11/h2,4,6,11H,3,5H2,1H3. The molecule has 0 radical (unpaired) electrons. The summed E-state index contributed by atoms with van der Waals surface area (Å²) >= 11 is 0. The van der Waals surface area contributed by atoms with Crippen molar-refractivity contribution in [2.45, 2.75) is 13.3 Å². The molecule has 0 aliphatic carbocycles. The summed E-state index contributed by atoms with van der Waals surface area (Å²) < 4.78 is 0. The van der Waals surface area contributed by atoms with Crippen molar-refractivity contribution in [2.75, 3.05) is 6.61 Å². The molecule has 0 aliphatic heterocycles. The van der Waals surface area contributed by atoms with Gasteiger partial charge < -0.3 is 5.11 Å². The van der Waals surface area contributed by atoms with Gasteiger partial charge in [0.1, 0.15) is 0 Å². The molecule has 0 amide bonds. The molecule has 1 N–H and O–H groups in total. The number of nitrogens with zero attached hydrogens (tertiary/aromatic N) is 1. The quantitative estimate of drug-likeness (QED) is 0.674. The van der Waals surface area contributed by atoms with Crippen LogP contribution in [0.25, 0.3) is 0 Å². The van der Waals surface area contributed by atoms with E-state index in [4.69, 9.17) is 5.11 Å². The number of aliphatic hydroxyl groups is 1. The Morgan fingerprint density at radius 2 is 2.42 bits per heavy atom. The highest BCUT2D eigenvalue weighted by molar-refractivity contribution is 5.93. The van der Waals surface area contributed by atoms with Gasteiger partial charge in [0.2, 0.25) is 0 Å². The van der Waals surface area contributed by atoms with Crippen molar-refractivity contribution in [3.8, 4) is 0 Å². The SMILES string of the molecule is CC(=O)c1ccnc(CCO)c1. The van der Waals surface area contributed by atoms with Crippen LogP contribution in [0.3, 0.4) is 0 Å². The zero-order valence-corrected chi connectivity index (χ0v) is 6.95. The van der Waals surface area contributed by atoms with Gasteiger partial charge in [0.15, 0.2) is 5.78 Å². The summed E-state index contributed by atoms with van der Waals surface area (Å²) in [7, 11) is 0. The van der Waals surface area contributed by atoms with Gasteiger partial charge in [-0.2, -0.15) is 0 Å². The number of carbonyl (C=O) groups excluding carboxylic acids is 1. The Balaban J connectivity index is 2.88. The fourth-order valence-electron chi connectivity index (χ4n) is 0.948. The van der Waals surface area contributed by atoms with Crippen LogP contribution in [0.15, 0.2) is 18.3 Å². The number of hydrogen-bond acceptors (Lipinski definition) is 3. The predicted octanol–water partition coefficient (Wildman–Crippen LogP) is 0.819. The Bertz CT molecular complexity index is 284. The van der Waals surface area contributed by atoms with Gasteiger partial charge >= 0.3 is 0 Å². The highest BCUT2D eigenvalue weighted by Gasteiger charge is 2.00. The fourth-order valence-corrected chi connectivity index (χ4v) is 0.948. The van der Waals surface area contributed by atoms with E-state index in [0.717, 1.165) is 5.69 Å². The summed E-state index contributed by atoms with van der Waals surface area (Å²) in [6.45, 7) is 1.58. The smallest absolute Gasteiger partial charge is 0.159 e. The molecule has 0 saturated heterocycles. The first-order chi connectivity index (χ1) is 5.74. The number of pyridine rings is 1. The van der Waals surface area contributed by atoms with E-state index in [1.165, 1.54) is 6.92 Å². The molecule has 0 atom stereocenters. The summed E-state index contributed by atoms with van der Waals surface area (Å²) in [5.74, 6) is 0.0246. The molecule has 1 rings (SSSR count). The predicted molar refractivity (Wildman–Crippen MR) is 45.0 cm³/mol. The van der Waals surface area contributed by atoms with Crippen LogP contribution in [0.5, 0.6) is 0 Å². The van der Waals surface area contributed by atoms with Crippen LogP contribution in [0.1, 0.15) is 23.0 Å². The number of hydrogen-bond donors (Lipinski definition) is 1. The van der Waals surface area contributed by atoms with Gasteiger partial charge in [0.25, 0.3) is 0 Å². The van der Waals surface area contributed by atoms with Crippen molar-refractivity contribution < 1.29 is 9.90 Å². The molecular weight excluding hydrogens is 154 g/mol. The summed E-state index contributed by atoms with van der Waals surface area (Å²) in [6.07, 6.45) is 2.09. The molecule has 0 spiro atoms. The highest BCUT2D eigenvalue weighted by Crippen LogP contribution is 2.02. The number of ketones is 1. The van der Waals surface area contributed by atoms with Gasteiger partial charge in [-0.25, -0.2) is 0 Å². The molecule has 0 fully saturated rings. The van der Waals surface area contributed by atoms with E-state index in [0.29, 0.717) is 12.0 Å². The maximum absolute atomic E-state index is 10.9. The van der Waals surface area contributed by atoms with Crippen molar-refractivity contribution in [1.29, 1.82) is 0 Å². The summed E-state index contributed by atoms with van der Waals surface area (Å²) in [5, 5.41) is 8.62. The normalized spacial score (nSPS) is 9.83. The Kier molecular flexibility index (Phi) is 2.94. The Morgan fingerprint density at radius 1 is 1.67 bits per heavy atom. The van der Waals surface area contributed by atoms with Crippen LogP contribution in [0, 0.1) is 0 Å². The Hall–Kier alpha value is -1.22. The third kappa shape index (κ3) is 2.13. The number of aromatic nitrogens is 1. The lowest BCUT2D eigenvalue weighted by molar-refractivity contribution is 0.101. The van der Waals surface area contributed by atoms with Crippen molar-refractivity contribution in [1.82, 2.24) is 4.98 Å². The molecule has 64 valence electrons. The first kappa shape index (κ1) is 8.87. The first-order valence-corrected chi connectivity index (χ1v) is 3.81. The van der Waals surface area contributed by atoms with Crippen molar-refractivity contribution in [2.24, 2.45) is 0 Å². The third-order valence-corrected chi connectivity index (χ3v) is 1.59. The average molecular weight is 165 g/mol. The monoisotopic (exact) mass is 165 g/mol. The second-order valence-electron chi connectivity index (χ2n) is 2.57.